The Labute approximate surface area is 157 Å². The predicted octanol–water partition coefficient (Wildman–Crippen LogP) is 4.79. The molecule has 0 bridgehead atoms. The largest absolute Gasteiger partial charge is 0.367 e. The van der Waals surface area contributed by atoms with Gasteiger partial charge in [-0.15, -0.1) is 0 Å². The summed E-state index contributed by atoms with van der Waals surface area (Å²) >= 11 is 0. The molecule has 1 aliphatic carbocycles. The van der Waals surface area contributed by atoms with Gasteiger partial charge >= 0.3 is 0 Å². The monoisotopic (exact) mass is 348 g/mol. The third-order valence-corrected chi connectivity index (χ3v) is 7.94. The van der Waals surface area contributed by atoms with Gasteiger partial charge in [0.25, 0.3) is 0 Å². The molecule has 5 rings (SSSR count). The topological polar surface area (TPSA) is 9.23 Å². The van der Waals surface area contributed by atoms with Crippen molar-refractivity contribution in [2.45, 2.75) is 51.0 Å². The molecule has 136 valence electrons. The van der Waals surface area contributed by atoms with Crippen LogP contribution >= 0.6 is 0 Å². The predicted molar refractivity (Wildman–Crippen MR) is 104 cm³/mol. The summed E-state index contributed by atoms with van der Waals surface area (Å²) in [5.41, 5.74) is 3.20. The molecule has 2 heteroatoms. The zero-order chi connectivity index (χ0) is 17.6. The Kier molecular flexibility index (Phi) is 3.95. The van der Waals surface area contributed by atoms with Crippen LogP contribution < -0.4 is 0 Å². The Morgan fingerprint density at radius 1 is 0.923 bits per heavy atom. The summed E-state index contributed by atoms with van der Waals surface area (Å²) < 4.78 is 7.82. The van der Waals surface area contributed by atoms with Gasteiger partial charge in [0.1, 0.15) is 24.7 Å². The van der Waals surface area contributed by atoms with Gasteiger partial charge in [-0.05, 0) is 25.3 Å². The maximum atomic E-state index is 6.57. The van der Waals surface area contributed by atoms with Gasteiger partial charge in [0.05, 0.1) is 13.2 Å². The van der Waals surface area contributed by atoms with Crippen LogP contribution in [0.5, 0.6) is 0 Å². The Bertz CT molecular complexity index is 760. The second-order valence-electron chi connectivity index (χ2n) is 8.93. The molecule has 0 N–H and O–H groups in total. The fourth-order valence-corrected chi connectivity index (χ4v) is 6.60. The van der Waals surface area contributed by atoms with Gasteiger partial charge in [0.15, 0.2) is 0 Å². The molecule has 2 aromatic carbocycles. The Hall–Kier alpha value is -1.64. The summed E-state index contributed by atoms with van der Waals surface area (Å²) in [6, 6.07) is 21.8. The van der Waals surface area contributed by atoms with Crippen LogP contribution in [-0.4, -0.2) is 29.2 Å². The van der Waals surface area contributed by atoms with Crippen LogP contribution in [-0.2, 0) is 17.9 Å². The summed E-state index contributed by atoms with van der Waals surface area (Å²) in [6.07, 6.45) is 4.58. The second kappa shape index (κ2) is 6.21. The van der Waals surface area contributed by atoms with Crippen LogP contribution in [0.25, 0.3) is 0 Å². The summed E-state index contributed by atoms with van der Waals surface area (Å²) in [6.45, 7) is 7.05. The minimum absolute atomic E-state index is 0.411. The number of hydrogen-bond donors (Lipinski definition) is 0. The lowest BCUT2D eigenvalue weighted by molar-refractivity contribution is -0.966. The fourth-order valence-electron chi connectivity index (χ4n) is 6.60. The summed E-state index contributed by atoms with van der Waals surface area (Å²) in [5, 5.41) is 0. The number of rotatable bonds is 5. The van der Waals surface area contributed by atoms with Crippen molar-refractivity contribution < 1.29 is 9.22 Å². The first-order chi connectivity index (χ1) is 12.7. The van der Waals surface area contributed by atoms with Gasteiger partial charge in [0, 0.05) is 23.8 Å². The molecule has 3 aliphatic rings. The van der Waals surface area contributed by atoms with E-state index in [0.717, 1.165) is 18.4 Å². The Morgan fingerprint density at radius 3 is 2.35 bits per heavy atom. The van der Waals surface area contributed by atoms with Crippen molar-refractivity contribution in [1.29, 1.82) is 0 Å². The molecule has 2 aromatic rings. The first-order valence-electron chi connectivity index (χ1n) is 10.3. The highest BCUT2D eigenvalue weighted by atomic mass is 16.5. The summed E-state index contributed by atoms with van der Waals surface area (Å²) in [4.78, 5) is 0. The Balaban J connectivity index is 1.40. The first-order valence-corrected chi connectivity index (χ1v) is 10.3. The van der Waals surface area contributed by atoms with E-state index in [1.165, 1.54) is 54.5 Å². The van der Waals surface area contributed by atoms with Crippen molar-refractivity contribution >= 4 is 0 Å². The van der Waals surface area contributed by atoms with Crippen molar-refractivity contribution in [2.24, 2.45) is 11.8 Å². The smallest absolute Gasteiger partial charge is 0.116 e. The number of quaternary nitrogens is 1. The molecular formula is C24H30NO+. The lowest BCUT2D eigenvalue weighted by Crippen LogP contribution is -2.57. The summed E-state index contributed by atoms with van der Waals surface area (Å²) in [5.74, 6) is 1.61. The molecule has 2 aliphatic heterocycles. The summed E-state index contributed by atoms with van der Waals surface area (Å²) in [7, 11) is 0. The highest BCUT2D eigenvalue weighted by molar-refractivity contribution is 5.16. The number of hydrogen-bond acceptors (Lipinski definition) is 1. The zero-order valence-corrected chi connectivity index (χ0v) is 15.8. The van der Waals surface area contributed by atoms with Gasteiger partial charge in [-0.2, -0.15) is 0 Å². The molecular weight excluding hydrogens is 318 g/mol. The third kappa shape index (κ3) is 2.39. The molecule has 2 heterocycles. The van der Waals surface area contributed by atoms with Gasteiger partial charge in [-0.3, -0.25) is 0 Å². The van der Waals surface area contributed by atoms with Crippen molar-refractivity contribution in [3.05, 3.63) is 71.8 Å². The molecule has 3 fully saturated rings. The average molecular weight is 349 g/mol. The number of benzene rings is 2. The van der Waals surface area contributed by atoms with Gasteiger partial charge < -0.3 is 9.22 Å². The lowest BCUT2D eigenvalue weighted by Gasteiger charge is -2.43. The first kappa shape index (κ1) is 16.5. The van der Waals surface area contributed by atoms with Crippen LogP contribution in [0.2, 0.25) is 0 Å². The van der Waals surface area contributed by atoms with Crippen LogP contribution in [0.3, 0.4) is 0 Å². The van der Waals surface area contributed by atoms with E-state index in [0.29, 0.717) is 11.6 Å². The van der Waals surface area contributed by atoms with E-state index in [2.05, 4.69) is 67.6 Å². The maximum absolute atomic E-state index is 6.57. The average Bonchev–Trinajstić information content (AvgIpc) is 3.24. The van der Waals surface area contributed by atoms with E-state index in [4.69, 9.17) is 4.74 Å². The molecule has 1 saturated carbocycles. The quantitative estimate of drug-likeness (QED) is 0.706. The van der Waals surface area contributed by atoms with Gasteiger partial charge in [-0.25, -0.2) is 0 Å². The fraction of sp³-hybridized carbons (Fsp3) is 0.500. The molecule has 26 heavy (non-hydrogen) atoms. The van der Waals surface area contributed by atoms with E-state index < -0.39 is 0 Å². The maximum Gasteiger partial charge on any atom is 0.116 e. The molecule has 0 unspecified atom stereocenters. The van der Waals surface area contributed by atoms with Crippen molar-refractivity contribution in [3.8, 4) is 0 Å². The molecule has 0 spiro atoms. The van der Waals surface area contributed by atoms with Crippen molar-refractivity contribution in [1.82, 2.24) is 0 Å². The van der Waals surface area contributed by atoms with E-state index in [9.17, 15) is 0 Å². The standard InChI is InChI=1S/C24H30NO/c1-24-21-12-13-22(24)23(26-18-20-10-6-3-7-11-20)17-25(24,15-14-21)16-19-8-4-2-5-9-19/h2-11,21-23H,12-18H2,1H3/q+1/t21-,22+,23+,24+,25+/m0/s1. The zero-order valence-electron chi connectivity index (χ0n) is 15.8. The third-order valence-electron chi connectivity index (χ3n) is 7.94. The molecule has 0 radical (unpaired) electrons. The van der Waals surface area contributed by atoms with Crippen LogP contribution in [0.1, 0.15) is 37.3 Å². The second-order valence-corrected chi connectivity index (χ2v) is 8.93. The molecule has 5 atom stereocenters. The van der Waals surface area contributed by atoms with Gasteiger partial charge in [0.2, 0.25) is 0 Å². The Morgan fingerprint density at radius 2 is 1.62 bits per heavy atom. The van der Waals surface area contributed by atoms with E-state index in [-0.39, 0.29) is 0 Å². The lowest BCUT2D eigenvalue weighted by atomic mass is 9.83. The highest BCUT2D eigenvalue weighted by Crippen LogP contribution is 2.61. The normalized spacial score (nSPS) is 37.8. The van der Waals surface area contributed by atoms with Crippen LogP contribution in [0.15, 0.2) is 60.7 Å². The van der Waals surface area contributed by atoms with E-state index in [1.807, 2.05) is 0 Å². The van der Waals surface area contributed by atoms with Crippen LogP contribution in [0.4, 0.5) is 0 Å². The highest BCUT2D eigenvalue weighted by Gasteiger charge is 2.71. The molecule has 2 nitrogen and oxygen atoms in total. The number of ether oxygens (including phenoxy) is 1. The molecule has 0 aromatic heterocycles. The van der Waals surface area contributed by atoms with Crippen LogP contribution in [0, 0.1) is 11.8 Å². The SMILES string of the molecule is C[C@@]12[C@H]3CC[C@@H]1[C@H](OCc1ccccc1)C[N@+]2(Cc1ccccc1)CC3. The molecule has 0 amide bonds. The van der Waals surface area contributed by atoms with E-state index >= 15 is 0 Å². The van der Waals surface area contributed by atoms with Crippen molar-refractivity contribution in [2.75, 3.05) is 13.1 Å². The minimum Gasteiger partial charge on any atom is -0.367 e. The molecule has 2 saturated heterocycles. The number of nitrogens with zero attached hydrogens (tertiary/aromatic N) is 1. The van der Waals surface area contributed by atoms with E-state index in [1.54, 1.807) is 0 Å². The minimum atomic E-state index is 0.411. The van der Waals surface area contributed by atoms with Gasteiger partial charge in [-0.1, -0.05) is 60.7 Å². The van der Waals surface area contributed by atoms with Crippen molar-refractivity contribution in [3.63, 3.8) is 0 Å².